The standard InChI is InChI=1S/C18H18ClNO4S/c1-11-8-14(25-15(11)12-4-3-5-13(19)9-12)16(21)20-18(17(22)23-2)6-7-24-10-18/h3-5,8-9H,6-7,10H2,1-2H3,(H,20,21). The van der Waals surface area contributed by atoms with Gasteiger partial charge in [-0.15, -0.1) is 11.3 Å². The molecular formula is C18H18ClNO4S. The molecule has 5 nitrogen and oxygen atoms in total. The van der Waals surface area contributed by atoms with Gasteiger partial charge < -0.3 is 14.8 Å². The number of methoxy groups -OCH3 is 1. The molecule has 1 saturated heterocycles. The minimum absolute atomic E-state index is 0.122. The molecule has 1 aromatic carbocycles. The van der Waals surface area contributed by atoms with Crippen LogP contribution in [0.3, 0.4) is 0 Å². The van der Waals surface area contributed by atoms with Crippen LogP contribution in [-0.2, 0) is 14.3 Å². The van der Waals surface area contributed by atoms with Gasteiger partial charge in [-0.05, 0) is 36.2 Å². The number of nitrogens with one attached hydrogen (secondary N) is 1. The summed E-state index contributed by atoms with van der Waals surface area (Å²) in [5.41, 5.74) is 0.827. The Morgan fingerprint density at radius 3 is 2.80 bits per heavy atom. The van der Waals surface area contributed by atoms with Gasteiger partial charge in [0.15, 0.2) is 5.54 Å². The molecule has 0 saturated carbocycles. The number of thiophene rings is 1. The molecule has 1 atom stereocenters. The number of carbonyl (C=O) groups excluding carboxylic acids is 2. The Hall–Kier alpha value is -1.89. The predicted octanol–water partition coefficient (Wildman–Crippen LogP) is 3.44. The molecule has 0 aliphatic carbocycles. The van der Waals surface area contributed by atoms with Crippen molar-refractivity contribution in [1.29, 1.82) is 0 Å². The Morgan fingerprint density at radius 1 is 1.36 bits per heavy atom. The lowest BCUT2D eigenvalue weighted by atomic mass is 9.99. The van der Waals surface area contributed by atoms with Crippen molar-refractivity contribution >= 4 is 34.8 Å². The molecule has 132 valence electrons. The first-order chi connectivity index (χ1) is 11.9. The minimum atomic E-state index is -1.11. The molecule has 0 radical (unpaired) electrons. The number of benzene rings is 1. The van der Waals surface area contributed by atoms with E-state index in [0.717, 1.165) is 16.0 Å². The minimum Gasteiger partial charge on any atom is -0.467 e. The largest absolute Gasteiger partial charge is 0.467 e. The fourth-order valence-corrected chi connectivity index (χ4v) is 4.11. The Labute approximate surface area is 154 Å². The van der Waals surface area contributed by atoms with Crippen LogP contribution < -0.4 is 5.32 Å². The van der Waals surface area contributed by atoms with Gasteiger partial charge in [0, 0.05) is 22.9 Å². The van der Waals surface area contributed by atoms with Gasteiger partial charge in [0.05, 0.1) is 18.6 Å². The second-order valence-electron chi connectivity index (χ2n) is 5.96. The number of esters is 1. The number of ether oxygens (including phenoxy) is 2. The molecule has 1 aliphatic heterocycles. The van der Waals surface area contributed by atoms with Gasteiger partial charge in [-0.25, -0.2) is 4.79 Å². The van der Waals surface area contributed by atoms with Crippen molar-refractivity contribution in [2.45, 2.75) is 18.9 Å². The first kappa shape index (κ1) is 17.9. The third kappa shape index (κ3) is 3.56. The van der Waals surface area contributed by atoms with Gasteiger partial charge in [0.1, 0.15) is 0 Å². The third-order valence-corrected chi connectivity index (χ3v) is 5.70. The van der Waals surface area contributed by atoms with E-state index in [4.69, 9.17) is 21.1 Å². The summed E-state index contributed by atoms with van der Waals surface area (Å²) in [4.78, 5) is 26.3. The highest BCUT2D eigenvalue weighted by atomic mass is 35.5. The van der Waals surface area contributed by atoms with Gasteiger partial charge in [-0.1, -0.05) is 23.7 Å². The maximum Gasteiger partial charge on any atom is 0.334 e. The Kier molecular flexibility index (Phi) is 5.13. The van der Waals surface area contributed by atoms with Crippen molar-refractivity contribution in [3.8, 4) is 10.4 Å². The molecule has 2 heterocycles. The van der Waals surface area contributed by atoms with E-state index < -0.39 is 11.5 Å². The number of amides is 1. The highest BCUT2D eigenvalue weighted by Gasteiger charge is 2.45. The van der Waals surface area contributed by atoms with Crippen molar-refractivity contribution < 1.29 is 19.1 Å². The van der Waals surface area contributed by atoms with Gasteiger partial charge in [0.2, 0.25) is 0 Å². The molecule has 0 bridgehead atoms. The lowest BCUT2D eigenvalue weighted by Gasteiger charge is -2.25. The Morgan fingerprint density at radius 2 is 2.16 bits per heavy atom. The monoisotopic (exact) mass is 379 g/mol. The molecule has 2 aromatic rings. The van der Waals surface area contributed by atoms with E-state index in [1.807, 2.05) is 37.3 Å². The van der Waals surface area contributed by atoms with Crippen molar-refractivity contribution in [1.82, 2.24) is 5.32 Å². The first-order valence-corrected chi connectivity index (χ1v) is 9.00. The predicted molar refractivity (Wildman–Crippen MR) is 97.2 cm³/mol. The van der Waals surface area contributed by atoms with Gasteiger partial charge in [0.25, 0.3) is 5.91 Å². The Balaban J connectivity index is 1.86. The zero-order valence-corrected chi connectivity index (χ0v) is 15.5. The molecule has 1 N–H and O–H groups in total. The highest BCUT2D eigenvalue weighted by Crippen LogP contribution is 2.34. The molecule has 1 amide bonds. The summed E-state index contributed by atoms with van der Waals surface area (Å²) in [7, 11) is 1.31. The average Bonchev–Trinajstić information content (AvgIpc) is 3.21. The molecule has 3 rings (SSSR count). The van der Waals surface area contributed by atoms with Crippen LogP contribution in [0.5, 0.6) is 0 Å². The maximum atomic E-state index is 12.7. The number of hydrogen-bond acceptors (Lipinski definition) is 5. The quantitative estimate of drug-likeness (QED) is 0.826. The summed E-state index contributed by atoms with van der Waals surface area (Å²) < 4.78 is 10.1. The molecule has 25 heavy (non-hydrogen) atoms. The highest BCUT2D eigenvalue weighted by molar-refractivity contribution is 7.17. The molecule has 1 unspecified atom stereocenters. The number of carbonyl (C=O) groups is 2. The van der Waals surface area contributed by atoms with Crippen LogP contribution in [0.25, 0.3) is 10.4 Å². The van der Waals surface area contributed by atoms with E-state index >= 15 is 0 Å². The van der Waals surface area contributed by atoms with E-state index in [1.165, 1.54) is 18.4 Å². The van der Waals surface area contributed by atoms with Gasteiger partial charge in [-0.2, -0.15) is 0 Å². The summed E-state index contributed by atoms with van der Waals surface area (Å²) in [5, 5.41) is 3.45. The van der Waals surface area contributed by atoms with E-state index in [-0.39, 0.29) is 12.5 Å². The lowest BCUT2D eigenvalue weighted by molar-refractivity contribution is -0.148. The smallest absolute Gasteiger partial charge is 0.334 e. The van der Waals surface area contributed by atoms with Crippen LogP contribution in [0.4, 0.5) is 0 Å². The van der Waals surface area contributed by atoms with E-state index in [9.17, 15) is 9.59 Å². The molecule has 0 spiro atoms. The molecule has 1 aromatic heterocycles. The summed E-state index contributed by atoms with van der Waals surface area (Å²) in [6.07, 6.45) is 0.400. The lowest BCUT2D eigenvalue weighted by Crippen LogP contribution is -2.55. The maximum absolute atomic E-state index is 12.7. The average molecular weight is 380 g/mol. The first-order valence-electron chi connectivity index (χ1n) is 7.80. The van der Waals surface area contributed by atoms with Crippen LogP contribution in [-0.4, -0.2) is 37.7 Å². The van der Waals surface area contributed by atoms with E-state index in [1.54, 1.807) is 0 Å². The van der Waals surface area contributed by atoms with Crippen molar-refractivity contribution in [3.05, 3.63) is 45.8 Å². The van der Waals surface area contributed by atoms with Crippen LogP contribution >= 0.6 is 22.9 Å². The molecule has 1 aliphatic rings. The third-order valence-electron chi connectivity index (χ3n) is 4.18. The number of aryl methyl sites for hydroxylation is 1. The van der Waals surface area contributed by atoms with Crippen LogP contribution in [0.1, 0.15) is 21.7 Å². The van der Waals surface area contributed by atoms with Crippen molar-refractivity contribution in [3.63, 3.8) is 0 Å². The van der Waals surface area contributed by atoms with Crippen molar-refractivity contribution in [2.75, 3.05) is 20.3 Å². The van der Waals surface area contributed by atoms with E-state index in [2.05, 4.69) is 5.32 Å². The Bertz CT molecular complexity index is 811. The summed E-state index contributed by atoms with van der Waals surface area (Å²) in [6, 6.07) is 9.31. The fraction of sp³-hybridized carbons (Fsp3) is 0.333. The zero-order valence-electron chi connectivity index (χ0n) is 13.9. The molecule has 1 fully saturated rings. The topological polar surface area (TPSA) is 64.6 Å². The summed E-state index contributed by atoms with van der Waals surface area (Å²) in [6.45, 7) is 2.47. The number of rotatable bonds is 4. The van der Waals surface area contributed by atoms with Crippen molar-refractivity contribution in [2.24, 2.45) is 0 Å². The second-order valence-corrected chi connectivity index (χ2v) is 7.45. The summed E-state index contributed by atoms with van der Waals surface area (Å²) in [5.74, 6) is -0.793. The SMILES string of the molecule is COC(=O)C1(NC(=O)c2cc(C)c(-c3cccc(Cl)c3)s2)CCOC1. The molecule has 7 heteroatoms. The number of hydrogen-bond donors (Lipinski definition) is 1. The normalized spacial score (nSPS) is 19.6. The van der Waals surface area contributed by atoms with Gasteiger partial charge in [-0.3, -0.25) is 4.79 Å². The fourth-order valence-electron chi connectivity index (χ4n) is 2.86. The van der Waals surface area contributed by atoms with Gasteiger partial charge >= 0.3 is 5.97 Å². The summed E-state index contributed by atoms with van der Waals surface area (Å²) >= 11 is 7.43. The number of halogens is 1. The molecular weight excluding hydrogens is 362 g/mol. The van der Waals surface area contributed by atoms with Crippen LogP contribution in [0.2, 0.25) is 5.02 Å². The zero-order chi connectivity index (χ0) is 18.0. The van der Waals surface area contributed by atoms with E-state index in [0.29, 0.717) is 22.9 Å². The second kappa shape index (κ2) is 7.15. The van der Waals surface area contributed by atoms with Crippen LogP contribution in [0.15, 0.2) is 30.3 Å². The van der Waals surface area contributed by atoms with Crippen LogP contribution in [0, 0.1) is 6.92 Å².